The van der Waals surface area contributed by atoms with Gasteiger partial charge < -0.3 is 4.74 Å². The standard InChI is InChI=1S/C13H10ClN3O2/c1-2-19-13(18)9-7-16-17(8-9)12-5-3-4-11(14)10(12)6-15/h3-5,7-8H,2H2,1H3. The SMILES string of the molecule is CCOC(=O)c1cnn(-c2cccc(Cl)c2C#N)c1. The molecule has 0 aliphatic heterocycles. The number of benzene rings is 1. The molecule has 0 bridgehead atoms. The van der Waals surface area contributed by atoms with Gasteiger partial charge in [0.05, 0.1) is 34.6 Å². The molecular formula is C13H10ClN3O2. The van der Waals surface area contributed by atoms with Crippen LogP contribution in [0.2, 0.25) is 5.02 Å². The Labute approximate surface area is 115 Å². The fraction of sp³-hybridized carbons (Fsp3) is 0.154. The van der Waals surface area contributed by atoms with Crippen LogP contribution in [0.5, 0.6) is 0 Å². The Bertz CT molecular complexity index is 658. The van der Waals surface area contributed by atoms with E-state index in [1.54, 1.807) is 25.1 Å². The van der Waals surface area contributed by atoms with Crippen molar-refractivity contribution >= 4 is 17.6 Å². The van der Waals surface area contributed by atoms with Gasteiger partial charge in [0.15, 0.2) is 0 Å². The topological polar surface area (TPSA) is 67.9 Å². The van der Waals surface area contributed by atoms with E-state index in [0.29, 0.717) is 28.4 Å². The quantitative estimate of drug-likeness (QED) is 0.808. The maximum Gasteiger partial charge on any atom is 0.341 e. The van der Waals surface area contributed by atoms with E-state index >= 15 is 0 Å². The van der Waals surface area contributed by atoms with Crippen LogP contribution in [-0.4, -0.2) is 22.4 Å². The number of ether oxygens (including phenoxy) is 1. The highest BCUT2D eigenvalue weighted by Gasteiger charge is 2.13. The Kier molecular flexibility index (Phi) is 3.83. The highest BCUT2D eigenvalue weighted by molar-refractivity contribution is 6.32. The predicted octanol–water partition coefficient (Wildman–Crippen LogP) is 2.57. The predicted molar refractivity (Wildman–Crippen MR) is 69.2 cm³/mol. The van der Waals surface area contributed by atoms with Gasteiger partial charge in [-0.2, -0.15) is 10.4 Å². The summed E-state index contributed by atoms with van der Waals surface area (Å²) in [7, 11) is 0. The molecule has 1 heterocycles. The number of nitrogens with zero attached hydrogens (tertiary/aromatic N) is 3. The molecule has 2 aromatic rings. The second-order valence-corrected chi connectivity index (χ2v) is 4.05. The molecule has 0 spiro atoms. The van der Waals surface area contributed by atoms with Crippen LogP contribution in [0.4, 0.5) is 0 Å². The Morgan fingerprint density at radius 1 is 1.58 bits per heavy atom. The first kappa shape index (κ1) is 13.1. The van der Waals surface area contributed by atoms with E-state index in [1.165, 1.54) is 17.1 Å². The number of halogens is 1. The van der Waals surface area contributed by atoms with Gasteiger partial charge in [-0.3, -0.25) is 0 Å². The fourth-order valence-electron chi connectivity index (χ4n) is 1.59. The Morgan fingerprint density at radius 3 is 3.05 bits per heavy atom. The monoisotopic (exact) mass is 275 g/mol. The molecule has 0 unspecified atom stereocenters. The number of carbonyl (C=O) groups is 1. The number of esters is 1. The van der Waals surface area contributed by atoms with Gasteiger partial charge in [-0.25, -0.2) is 9.48 Å². The fourth-order valence-corrected chi connectivity index (χ4v) is 1.80. The molecule has 1 aromatic carbocycles. The summed E-state index contributed by atoms with van der Waals surface area (Å²) < 4.78 is 6.30. The first-order chi connectivity index (χ1) is 9.17. The maximum atomic E-state index is 11.5. The molecule has 0 aliphatic carbocycles. The Hall–Kier alpha value is -2.32. The molecule has 0 aliphatic rings. The van der Waals surface area contributed by atoms with Gasteiger partial charge in [-0.05, 0) is 19.1 Å². The average Bonchev–Trinajstić information content (AvgIpc) is 2.88. The van der Waals surface area contributed by atoms with Crippen LogP contribution in [0.15, 0.2) is 30.6 Å². The molecule has 0 amide bonds. The number of hydrogen-bond acceptors (Lipinski definition) is 4. The highest BCUT2D eigenvalue weighted by atomic mass is 35.5. The minimum absolute atomic E-state index is 0.296. The molecule has 0 N–H and O–H groups in total. The van der Waals surface area contributed by atoms with Crippen molar-refractivity contribution in [2.75, 3.05) is 6.61 Å². The second-order valence-electron chi connectivity index (χ2n) is 3.64. The van der Waals surface area contributed by atoms with Crippen molar-refractivity contribution in [1.29, 1.82) is 5.26 Å². The number of hydrogen-bond donors (Lipinski definition) is 0. The van der Waals surface area contributed by atoms with Crippen molar-refractivity contribution in [1.82, 2.24) is 9.78 Å². The van der Waals surface area contributed by atoms with E-state index in [2.05, 4.69) is 5.10 Å². The van der Waals surface area contributed by atoms with Crippen molar-refractivity contribution in [2.45, 2.75) is 6.92 Å². The summed E-state index contributed by atoms with van der Waals surface area (Å²) in [5.74, 6) is -0.450. The summed E-state index contributed by atoms with van der Waals surface area (Å²) in [5, 5.41) is 13.5. The average molecular weight is 276 g/mol. The van der Waals surface area contributed by atoms with Crippen molar-refractivity contribution in [3.8, 4) is 11.8 Å². The first-order valence-corrected chi connectivity index (χ1v) is 5.96. The molecule has 6 heteroatoms. The smallest absolute Gasteiger partial charge is 0.341 e. The van der Waals surface area contributed by atoms with E-state index in [1.807, 2.05) is 6.07 Å². The van der Waals surface area contributed by atoms with Crippen LogP contribution < -0.4 is 0 Å². The minimum Gasteiger partial charge on any atom is -0.462 e. The minimum atomic E-state index is -0.450. The number of aromatic nitrogens is 2. The third kappa shape index (κ3) is 2.59. The lowest BCUT2D eigenvalue weighted by molar-refractivity contribution is 0.0526. The number of rotatable bonds is 3. The van der Waals surface area contributed by atoms with Crippen molar-refractivity contribution in [2.24, 2.45) is 0 Å². The molecule has 0 atom stereocenters. The van der Waals surface area contributed by atoms with Crippen molar-refractivity contribution in [3.05, 3.63) is 46.7 Å². The zero-order valence-corrected chi connectivity index (χ0v) is 10.9. The normalized spacial score (nSPS) is 9.95. The highest BCUT2D eigenvalue weighted by Crippen LogP contribution is 2.22. The lowest BCUT2D eigenvalue weighted by Gasteiger charge is -2.04. The molecule has 2 rings (SSSR count). The zero-order chi connectivity index (χ0) is 13.8. The second kappa shape index (κ2) is 5.55. The van der Waals surface area contributed by atoms with Crippen LogP contribution in [0.25, 0.3) is 5.69 Å². The number of carbonyl (C=O) groups excluding carboxylic acids is 1. The van der Waals surface area contributed by atoms with Crippen molar-refractivity contribution in [3.63, 3.8) is 0 Å². The van der Waals surface area contributed by atoms with E-state index in [-0.39, 0.29) is 0 Å². The summed E-state index contributed by atoms with van der Waals surface area (Å²) in [6.45, 7) is 2.03. The largest absolute Gasteiger partial charge is 0.462 e. The van der Waals surface area contributed by atoms with Crippen LogP contribution in [0.1, 0.15) is 22.8 Å². The molecule has 0 saturated carbocycles. The summed E-state index contributed by atoms with van der Waals surface area (Å²) in [4.78, 5) is 11.5. The first-order valence-electron chi connectivity index (χ1n) is 5.58. The molecule has 0 fully saturated rings. The van der Waals surface area contributed by atoms with Gasteiger partial charge in [-0.15, -0.1) is 0 Å². The van der Waals surface area contributed by atoms with E-state index in [0.717, 1.165) is 0 Å². The number of nitriles is 1. The molecule has 0 radical (unpaired) electrons. The summed E-state index contributed by atoms with van der Waals surface area (Å²) in [5.41, 5.74) is 1.15. The Balaban J connectivity index is 2.42. The summed E-state index contributed by atoms with van der Waals surface area (Å²) >= 11 is 5.94. The lowest BCUT2D eigenvalue weighted by atomic mass is 10.2. The molecule has 1 aromatic heterocycles. The van der Waals surface area contributed by atoms with E-state index in [9.17, 15) is 4.79 Å². The van der Waals surface area contributed by atoms with Gasteiger partial charge in [0.25, 0.3) is 0 Å². The maximum absolute atomic E-state index is 11.5. The van der Waals surface area contributed by atoms with Crippen LogP contribution in [0.3, 0.4) is 0 Å². The van der Waals surface area contributed by atoms with Gasteiger partial charge in [-0.1, -0.05) is 17.7 Å². The van der Waals surface area contributed by atoms with Gasteiger partial charge >= 0.3 is 5.97 Å². The third-order valence-corrected chi connectivity index (χ3v) is 2.76. The van der Waals surface area contributed by atoms with Gasteiger partial charge in [0.1, 0.15) is 6.07 Å². The molecule has 0 saturated heterocycles. The Morgan fingerprint density at radius 2 is 2.37 bits per heavy atom. The zero-order valence-electron chi connectivity index (χ0n) is 10.1. The van der Waals surface area contributed by atoms with Gasteiger partial charge in [0.2, 0.25) is 0 Å². The van der Waals surface area contributed by atoms with E-state index in [4.69, 9.17) is 21.6 Å². The van der Waals surface area contributed by atoms with E-state index < -0.39 is 5.97 Å². The molecular weight excluding hydrogens is 266 g/mol. The summed E-state index contributed by atoms with van der Waals surface area (Å²) in [6, 6.07) is 7.05. The van der Waals surface area contributed by atoms with Crippen LogP contribution in [-0.2, 0) is 4.74 Å². The molecule has 19 heavy (non-hydrogen) atoms. The molecule has 96 valence electrons. The van der Waals surface area contributed by atoms with Gasteiger partial charge in [0, 0.05) is 6.20 Å². The summed E-state index contributed by atoms with van der Waals surface area (Å²) in [6.07, 6.45) is 2.89. The lowest BCUT2D eigenvalue weighted by Crippen LogP contribution is -2.03. The van der Waals surface area contributed by atoms with Crippen molar-refractivity contribution < 1.29 is 9.53 Å². The third-order valence-electron chi connectivity index (χ3n) is 2.44. The van der Waals surface area contributed by atoms with Crippen LogP contribution in [0, 0.1) is 11.3 Å². The molecule has 5 nitrogen and oxygen atoms in total. The van der Waals surface area contributed by atoms with Crippen LogP contribution >= 0.6 is 11.6 Å².